The van der Waals surface area contributed by atoms with Crippen LogP contribution in [0.3, 0.4) is 0 Å². The van der Waals surface area contributed by atoms with Gasteiger partial charge >= 0.3 is 0 Å². The van der Waals surface area contributed by atoms with E-state index in [1.807, 2.05) is 12.1 Å². The molecular formula is C17H27NO3. The first kappa shape index (κ1) is 16.3. The molecule has 1 aliphatic rings. The van der Waals surface area contributed by atoms with E-state index in [1.54, 1.807) is 7.11 Å². The molecule has 1 unspecified atom stereocenters. The molecule has 1 aromatic carbocycles. The van der Waals surface area contributed by atoms with E-state index in [-0.39, 0.29) is 0 Å². The molecule has 1 fully saturated rings. The topological polar surface area (TPSA) is 50.7 Å². The molecule has 0 aliphatic carbocycles. The summed E-state index contributed by atoms with van der Waals surface area (Å²) in [7, 11) is 1.68. The van der Waals surface area contributed by atoms with Crippen LogP contribution in [0.15, 0.2) is 24.3 Å². The van der Waals surface area contributed by atoms with E-state index in [0.717, 1.165) is 31.4 Å². The summed E-state index contributed by atoms with van der Waals surface area (Å²) in [6.07, 6.45) is 3.54. The Labute approximate surface area is 127 Å². The van der Waals surface area contributed by atoms with Crippen LogP contribution in [0.5, 0.6) is 5.75 Å². The van der Waals surface area contributed by atoms with E-state index in [2.05, 4.69) is 24.4 Å². The summed E-state index contributed by atoms with van der Waals surface area (Å²) in [5, 5.41) is 13.9. The highest BCUT2D eigenvalue weighted by atomic mass is 16.5. The van der Waals surface area contributed by atoms with E-state index in [1.165, 1.54) is 5.56 Å². The van der Waals surface area contributed by atoms with Crippen molar-refractivity contribution in [3.05, 3.63) is 29.8 Å². The van der Waals surface area contributed by atoms with Gasteiger partial charge in [0.15, 0.2) is 0 Å². The van der Waals surface area contributed by atoms with Crippen LogP contribution in [-0.2, 0) is 11.2 Å². The van der Waals surface area contributed by atoms with Crippen LogP contribution in [0.2, 0.25) is 0 Å². The smallest absolute Gasteiger partial charge is 0.118 e. The second kappa shape index (κ2) is 7.78. The lowest BCUT2D eigenvalue weighted by Crippen LogP contribution is -2.47. The molecule has 1 aliphatic heterocycles. The summed E-state index contributed by atoms with van der Waals surface area (Å²) in [4.78, 5) is 0. The van der Waals surface area contributed by atoms with Crippen molar-refractivity contribution in [2.75, 3.05) is 26.9 Å². The number of rotatable bonds is 7. The van der Waals surface area contributed by atoms with Gasteiger partial charge in [0.05, 0.1) is 12.7 Å². The van der Waals surface area contributed by atoms with Gasteiger partial charge < -0.3 is 19.9 Å². The maximum absolute atomic E-state index is 10.4. The van der Waals surface area contributed by atoms with Crippen molar-refractivity contribution in [2.45, 2.75) is 44.2 Å². The molecule has 0 radical (unpaired) electrons. The molecule has 1 heterocycles. The number of hydrogen-bond donors (Lipinski definition) is 2. The van der Waals surface area contributed by atoms with E-state index in [9.17, 15) is 5.11 Å². The first-order valence-electron chi connectivity index (χ1n) is 7.78. The van der Waals surface area contributed by atoms with Crippen molar-refractivity contribution in [3.8, 4) is 5.75 Å². The lowest BCUT2D eigenvalue weighted by Gasteiger charge is -2.33. The zero-order chi connectivity index (χ0) is 15.1. The fourth-order valence-electron chi connectivity index (χ4n) is 2.57. The van der Waals surface area contributed by atoms with Gasteiger partial charge in [0.25, 0.3) is 0 Å². The standard InChI is InChI=1S/C17H27NO3/c1-14(18-13-17(19)9-11-21-12-10-17)3-4-15-5-7-16(20-2)8-6-15/h5-8,14,18-19H,3-4,9-13H2,1-2H3. The highest BCUT2D eigenvalue weighted by Crippen LogP contribution is 2.20. The van der Waals surface area contributed by atoms with E-state index < -0.39 is 5.60 Å². The molecule has 1 atom stereocenters. The SMILES string of the molecule is COc1ccc(CCC(C)NCC2(O)CCOCC2)cc1. The normalized spacial score (nSPS) is 19.2. The molecule has 21 heavy (non-hydrogen) atoms. The quantitative estimate of drug-likeness (QED) is 0.809. The van der Waals surface area contributed by atoms with E-state index >= 15 is 0 Å². The molecule has 1 saturated heterocycles. The minimum absolute atomic E-state index is 0.388. The van der Waals surface area contributed by atoms with Crippen molar-refractivity contribution >= 4 is 0 Å². The van der Waals surface area contributed by atoms with Gasteiger partial charge in [-0.1, -0.05) is 12.1 Å². The number of ether oxygens (including phenoxy) is 2. The van der Waals surface area contributed by atoms with E-state index in [0.29, 0.717) is 25.8 Å². The second-order valence-corrected chi connectivity index (χ2v) is 6.01. The number of aryl methyl sites for hydroxylation is 1. The summed E-state index contributed by atoms with van der Waals surface area (Å²) >= 11 is 0. The molecule has 0 spiro atoms. The lowest BCUT2D eigenvalue weighted by molar-refractivity contribution is -0.0626. The first-order chi connectivity index (χ1) is 10.1. The second-order valence-electron chi connectivity index (χ2n) is 6.01. The molecule has 4 heteroatoms. The minimum Gasteiger partial charge on any atom is -0.497 e. The maximum Gasteiger partial charge on any atom is 0.118 e. The molecule has 0 amide bonds. The Kier molecular flexibility index (Phi) is 6.03. The zero-order valence-electron chi connectivity index (χ0n) is 13.1. The maximum atomic E-state index is 10.4. The molecule has 4 nitrogen and oxygen atoms in total. The Hall–Kier alpha value is -1.10. The number of hydrogen-bond acceptors (Lipinski definition) is 4. The lowest BCUT2D eigenvalue weighted by atomic mass is 9.94. The van der Waals surface area contributed by atoms with Gasteiger partial charge in [-0.05, 0) is 37.5 Å². The van der Waals surface area contributed by atoms with Gasteiger partial charge in [0.2, 0.25) is 0 Å². The van der Waals surface area contributed by atoms with Crippen molar-refractivity contribution in [1.29, 1.82) is 0 Å². The molecule has 118 valence electrons. The predicted molar refractivity (Wildman–Crippen MR) is 83.8 cm³/mol. The third-order valence-electron chi connectivity index (χ3n) is 4.23. The van der Waals surface area contributed by atoms with Crippen LogP contribution in [0.4, 0.5) is 0 Å². The highest BCUT2D eigenvalue weighted by Gasteiger charge is 2.29. The van der Waals surface area contributed by atoms with Gasteiger partial charge in [0, 0.05) is 38.6 Å². The van der Waals surface area contributed by atoms with Gasteiger partial charge in [-0.25, -0.2) is 0 Å². The van der Waals surface area contributed by atoms with Crippen molar-refractivity contribution in [3.63, 3.8) is 0 Å². The molecule has 0 bridgehead atoms. The third kappa shape index (κ3) is 5.30. The Balaban J connectivity index is 1.70. The van der Waals surface area contributed by atoms with Crippen LogP contribution in [0.1, 0.15) is 31.7 Å². The average Bonchev–Trinajstić information content (AvgIpc) is 2.52. The van der Waals surface area contributed by atoms with Crippen molar-refractivity contribution in [1.82, 2.24) is 5.32 Å². The predicted octanol–water partition coefficient (Wildman–Crippen LogP) is 2.15. The number of benzene rings is 1. The monoisotopic (exact) mass is 293 g/mol. The molecule has 2 rings (SSSR count). The first-order valence-corrected chi connectivity index (χ1v) is 7.78. The molecule has 1 aromatic rings. The van der Waals surface area contributed by atoms with Crippen molar-refractivity contribution in [2.24, 2.45) is 0 Å². The Morgan fingerprint density at radius 2 is 1.95 bits per heavy atom. The van der Waals surface area contributed by atoms with Crippen LogP contribution >= 0.6 is 0 Å². The van der Waals surface area contributed by atoms with Crippen LogP contribution in [-0.4, -0.2) is 43.6 Å². The number of nitrogens with one attached hydrogen (secondary N) is 1. The van der Waals surface area contributed by atoms with Gasteiger partial charge in [0.1, 0.15) is 5.75 Å². The molecule has 0 saturated carbocycles. The molecular weight excluding hydrogens is 266 g/mol. The largest absolute Gasteiger partial charge is 0.497 e. The summed E-state index contributed by atoms with van der Waals surface area (Å²) in [6.45, 7) is 4.16. The number of methoxy groups -OCH3 is 1. The van der Waals surface area contributed by atoms with Gasteiger partial charge in [-0.15, -0.1) is 0 Å². The average molecular weight is 293 g/mol. The number of aliphatic hydroxyl groups is 1. The molecule has 0 aromatic heterocycles. The summed E-state index contributed by atoms with van der Waals surface area (Å²) in [5.74, 6) is 0.895. The van der Waals surface area contributed by atoms with Crippen LogP contribution in [0.25, 0.3) is 0 Å². The summed E-state index contributed by atoms with van der Waals surface area (Å²) in [5.41, 5.74) is 0.723. The van der Waals surface area contributed by atoms with Gasteiger partial charge in [-0.2, -0.15) is 0 Å². The third-order valence-corrected chi connectivity index (χ3v) is 4.23. The summed E-state index contributed by atoms with van der Waals surface area (Å²) < 4.78 is 10.5. The van der Waals surface area contributed by atoms with Crippen molar-refractivity contribution < 1.29 is 14.6 Å². The van der Waals surface area contributed by atoms with E-state index in [4.69, 9.17) is 9.47 Å². The molecule has 2 N–H and O–H groups in total. The zero-order valence-corrected chi connectivity index (χ0v) is 13.1. The van der Waals surface area contributed by atoms with Crippen LogP contribution in [0, 0.1) is 0 Å². The fourth-order valence-corrected chi connectivity index (χ4v) is 2.57. The Morgan fingerprint density at radius 1 is 1.29 bits per heavy atom. The fraction of sp³-hybridized carbons (Fsp3) is 0.647. The highest BCUT2D eigenvalue weighted by molar-refractivity contribution is 5.27. The minimum atomic E-state index is -0.591. The summed E-state index contributed by atoms with van der Waals surface area (Å²) in [6, 6.07) is 8.60. The Morgan fingerprint density at radius 3 is 2.57 bits per heavy atom. The van der Waals surface area contributed by atoms with Crippen LogP contribution < -0.4 is 10.1 Å². The van der Waals surface area contributed by atoms with Gasteiger partial charge in [-0.3, -0.25) is 0 Å². The Bertz CT molecular complexity index is 413.